The zero-order valence-corrected chi connectivity index (χ0v) is 27.3. The van der Waals surface area contributed by atoms with E-state index >= 15 is 0 Å². The van der Waals surface area contributed by atoms with Gasteiger partial charge >= 0.3 is 0 Å². The molecule has 12 nitrogen and oxygen atoms in total. The molecule has 250 valence electrons. The van der Waals surface area contributed by atoms with Gasteiger partial charge in [-0.3, -0.25) is 34.4 Å². The van der Waals surface area contributed by atoms with Crippen molar-refractivity contribution in [3.63, 3.8) is 0 Å². The Labute approximate surface area is 279 Å². The standard InChI is InChI=1S/C36H42N8O4/c1-43-16-12-23(13-17-43)24-6-9-29-30(18-24)41-31(22-40-29)25(20-37)21-38-14-4-2-3-5-15-39-26-7-8-27-28(19-26)36(48)44(35(27)47)32-10-11-33(45)42-34(32)46/h6-9,18-23,32,37-39H,2-5,10-17H2,1H3,(H,42,45,46)/b25-21+,37-20?. The molecule has 3 aliphatic rings. The van der Waals surface area contributed by atoms with Crippen molar-refractivity contribution in [1.82, 2.24) is 30.4 Å². The molecule has 2 saturated heterocycles. The molecule has 0 spiro atoms. The van der Waals surface area contributed by atoms with Crippen molar-refractivity contribution in [3.8, 4) is 0 Å². The normalized spacial score (nSPS) is 19.1. The van der Waals surface area contributed by atoms with E-state index in [1.807, 2.05) is 6.20 Å². The lowest BCUT2D eigenvalue weighted by Crippen LogP contribution is -2.54. The summed E-state index contributed by atoms with van der Waals surface area (Å²) in [5, 5.41) is 16.8. The first kappa shape index (κ1) is 33.0. The molecule has 6 rings (SSSR count). The Morgan fingerprint density at radius 3 is 2.48 bits per heavy atom. The predicted octanol–water partition coefficient (Wildman–Crippen LogP) is 4.09. The van der Waals surface area contributed by atoms with Gasteiger partial charge in [-0.2, -0.15) is 0 Å². The van der Waals surface area contributed by atoms with Crippen LogP contribution in [0.15, 0.2) is 48.8 Å². The van der Waals surface area contributed by atoms with Gasteiger partial charge in [0, 0.05) is 43.2 Å². The highest BCUT2D eigenvalue weighted by molar-refractivity contribution is 6.23. The maximum Gasteiger partial charge on any atom is 0.262 e. The molecule has 4 N–H and O–H groups in total. The van der Waals surface area contributed by atoms with Crippen molar-refractivity contribution in [3.05, 3.63) is 71.2 Å². The molecule has 4 heterocycles. The summed E-state index contributed by atoms with van der Waals surface area (Å²) in [5.74, 6) is -1.48. The van der Waals surface area contributed by atoms with Crippen LogP contribution in [0.4, 0.5) is 5.69 Å². The molecule has 0 radical (unpaired) electrons. The number of hydrogen-bond acceptors (Lipinski definition) is 10. The minimum atomic E-state index is -0.970. The topological polar surface area (TPSA) is 160 Å². The van der Waals surface area contributed by atoms with Crippen molar-refractivity contribution < 1.29 is 19.2 Å². The maximum atomic E-state index is 13.0. The number of piperidine rings is 2. The summed E-state index contributed by atoms with van der Waals surface area (Å²) in [6, 6.07) is 10.5. The SMILES string of the molecule is CN1CCC(c2ccc3ncc(/C(C=N)=C/NCCCCCCNc4ccc5c(c4)C(=O)N(C4CCC(=O)NC4=O)C5=O)nc3c2)CC1. The Balaban J connectivity index is 0.926. The lowest BCUT2D eigenvalue weighted by atomic mass is 9.89. The van der Waals surface area contributed by atoms with Crippen LogP contribution in [-0.2, 0) is 9.59 Å². The smallest absolute Gasteiger partial charge is 0.262 e. The Morgan fingerprint density at radius 2 is 1.71 bits per heavy atom. The average Bonchev–Trinajstić information content (AvgIpc) is 3.33. The largest absolute Gasteiger partial charge is 0.390 e. The fourth-order valence-corrected chi connectivity index (χ4v) is 6.65. The lowest BCUT2D eigenvalue weighted by molar-refractivity contribution is -0.136. The van der Waals surface area contributed by atoms with Crippen molar-refractivity contribution in [2.75, 3.05) is 38.5 Å². The highest BCUT2D eigenvalue weighted by Gasteiger charge is 2.44. The van der Waals surface area contributed by atoms with Gasteiger partial charge in [-0.1, -0.05) is 18.9 Å². The zero-order chi connectivity index (χ0) is 33.6. The molecular weight excluding hydrogens is 608 g/mol. The van der Waals surface area contributed by atoms with Crippen LogP contribution in [0.2, 0.25) is 0 Å². The number of rotatable bonds is 13. The summed E-state index contributed by atoms with van der Waals surface area (Å²) in [6.45, 7) is 3.70. The first-order chi connectivity index (χ1) is 23.3. The third-order valence-electron chi connectivity index (χ3n) is 9.48. The van der Waals surface area contributed by atoms with Gasteiger partial charge in [0.15, 0.2) is 0 Å². The van der Waals surface area contributed by atoms with E-state index in [1.54, 1.807) is 24.4 Å². The van der Waals surface area contributed by atoms with E-state index in [9.17, 15) is 19.2 Å². The summed E-state index contributed by atoms with van der Waals surface area (Å²) in [5.41, 5.74) is 5.68. The minimum Gasteiger partial charge on any atom is -0.390 e. The van der Waals surface area contributed by atoms with Gasteiger partial charge in [0.25, 0.3) is 11.8 Å². The molecule has 12 heteroatoms. The van der Waals surface area contributed by atoms with Crippen LogP contribution in [0.1, 0.15) is 89.3 Å². The van der Waals surface area contributed by atoms with Crippen LogP contribution < -0.4 is 16.0 Å². The first-order valence-electron chi connectivity index (χ1n) is 16.8. The summed E-state index contributed by atoms with van der Waals surface area (Å²) in [7, 11) is 2.17. The van der Waals surface area contributed by atoms with E-state index in [1.165, 1.54) is 11.8 Å². The van der Waals surface area contributed by atoms with Gasteiger partial charge in [0.1, 0.15) is 6.04 Å². The number of anilines is 1. The third kappa shape index (κ3) is 7.28. The molecular formula is C36H42N8O4. The van der Waals surface area contributed by atoms with Crippen LogP contribution in [-0.4, -0.2) is 88.9 Å². The zero-order valence-electron chi connectivity index (χ0n) is 27.3. The maximum absolute atomic E-state index is 13.0. The molecule has 1 atom stereocenters. The van der Waals surface area contributed by atoms with E-state index < -0.39 is 29.7 Å². The molecule has 48 heavy (non-hydrogen) atoms. The van der Waals surface area contributed by atoms with E-state index in [4.69, 9.17) is 10.4 Å². The number of amides is 4. The highest BCUT2D eigenvalue weighted by atomic mass is 16.2. The Kier molecular flexibility index (Phi) is 10.2. The number of likely N-dealkylation sites (tertiary alicyclic amines) is 1. The number of fused-ring (bicyclic) bond motifs is 2. The number of carbonyl (C=O) groups is 4. The summed E-state index contributed by atoms with van der Waals surface area (Å²) in [6.07, 6.45) is 11.3. The Hall–Kier alpha value is -4.97. The third-order valence-corrected chi connectivity index (χ3v) is 9.48. The molecule has 2 fully saturated rings. The van der Waals surface area contributed by atoms with Crippen LogP contribution in [0.3, 0.4) is 0 Å². The molecule has 2 aromatic carbocycles. The van der Waals surface area contributed by atoms with Gasteiger partial charge in [0.2, 0.25) is 11.8 Å². The van der Waals surface area contributed by atoms with Gasteiger partial charge in [-0.25, -0.2) is 4.98 Å². The first-order valence-corrected chi connectivity index (χ1v) is 16.8. The number of nitrogens with one attached hydrogen (secondary N) is 4. The number of allylic oxidation sites excluding steroid dienone is 1. The second-order valence-electron chi connectivity index (χ2n) is 12.8. The van der Waals surface area contributed by atoms with Crippen LogP contribution in [0.5, 0.6) is 0 Å². The fourth-order valence-electron chi connectivity index (χ4n) is 6.65. The van der Waals surface area contributed by atoms with Crippen LogP contribution in [0, 0.1) is 5.41 Å². The molecule has 0 bridgehead atoms. The van der Waals surface area contributed by atoms with Gasteiger partial charge in [-0.15, -0.1) is 0 Å². The second-order valence-corrected chi connectivity index (χ2v) is 12.8. The number of carbonyl (C=O) groups excluding carboxylic acids is 4. The van der Waals surface area contributed by atoms with E-state index in [0.29, 0.717) is 23.7 Å². The second kappa shape index (κ2) is 14.8. The predicted molar refractivity (Wildman–Crippen MR) is 184 cm³/mol. The quantitative estimate of drug-likeness (QED) is 0.121. The Morgan fingerprint density at radius 1 is 0.938 bits per heavy atom. The molecule has 1 unspecified atom stereocenters. The molecule has 0 saturated carbocycles. The van der Waals surface area contributed by atoms with Crippen molar-refractivity contribution in [2.24, 2.45) is 0 Å². The van der Waals surface area contributed by atoms with E-state index in [2.05, 4.69) is 51.1 Å². The van der Waals surface area contributed by atoms with Crippen molar-refractivity contribution in [2.45, 2.75) is 63.3 Å². The number of aromatic nitrogens is 2. The van der Waals surface area contributed by atoms with Gasteiger partial charge < -0.3 is 20.9 Å². The van der Waals surface area contributed by atoms with Gasteiger partial charge in [0.05, 0.1) is 34.1 Å². The lowest BCUT2D eigenvalue weighted by Gasteiger charge is -2.29. The summed E-state index contributed by atoms with van der Waals surface area (Å²) in [4.78, 5) is 62.5. The number of hydrogen-bond donors (Lipinski definition) is 4. The minimum absolute atomic E-state index is 0.0916. The fraction of sp³-hybridized carbons (Fsp3) is 0.417. The monoisotopic (exact) mass is 650 g/mol. The Bertz CT molecular complexity index is 1760. The number of imide groups is 2. The van der Waals surface area contributed by atoms with Crippen LogP contribution in [0.25, 0.3) is 16.6 Å². The molecule has 3 aliphatic heterocycles. The number of benzene rings is 2. The highest BCUT2D eigenvalue weighted by Crippen LogP contribution is 2.31. The molecule has 0 aliphatic carbocycles. The average molecular weight is 651 g/mol. The van der Waals surface area contributed by atoms with Crippen molar-refractivity contribution in [1.29, 1.82) is 5.41 Å². The summed E-state index contributed by atoms with van der Waals surface area (Å²) >= 11 is 0. The van der Waals surface area contributed by atoms with Gasteiger partial charge in [-0.05, 0) is 94.1 Å². The molecule has 3 aromatic rings. The van der Waals surface area contributed by atoms with E-state index in [-0.39, 0.29) is 24.0 Å². The molecule has 1 aromatic heterocycles. The van der Waals surface area contributed by atoms with E-state index in [0.717, 1.165) is 79.8 Å². The number of nitrogens with zero attached hydrogens (tertiary/aromatic N) is 4. The van der Waals surface area contributed by atoms with Crippen molar-refractivity contribution >= 4 is 52.1 Å². The number of unbranched alkanes of at least 4 members (excludes halogenated alkanes) is 3. The van der Waals surface area contributed by atoms with Crippen LogP contribution >= 0.6 is 0 Å². The molecule has 4 amide bonds. The summed E-state index contributed by atoms with van der Waals surface area (Å²) < 4.78 is 0.